The van der Waals surface area contributed by atoms with Crippen LogP contribution in [0.4, 0.5) is 10.7 Å². The normalized spacial score (nSPS) is 27.0. The zero-order valence-electron chi connectivity index (χ0n) is 26.8. The van der Waals surface area contributed by atoms with Crippen LogP contribution in [0.2, 0.25) is 0 Å². The van der Waals surface area contributed by atoms with Gasteiger partial charge in [-0.15, -0.1) is 0 Å². The molecule has 10 heteroatoms. The fourth-order valence-corrected chi connectivity index (χ4v) is 9.08. The highest BCUT2D eigenvalue weighted by molar-refractivity contribution is 7.92. The molecular formula is C35H44N4O5S. The van der Waals surface area contributed by atoms with Crippen LogP contribution < -0.4 is 14.8 Å². The third-order valence-corrected chi connectivity index (χ3v) is 11.4. The van der Waals surface area contributed by atoms with Gasteiger partial charge in [-0.1, -0.05) is 44.2 Å². The van der Waals surface area contributed by atoms with Gasteiger partial charge in [-0.2, -0.15) is 4.98 Å². The highest BCUT2D eigenvalue weighted by atomic mass is 32.2. The summed E-state index contributed by atoms with van der Waals surface area (Å²) in [5.41, 5.74) is 4.90. The Morgan fingerprint density at radius 3 is 2.47 bits per heavy atom. The molecule has 6 rings (SSSR count). The molecule has 2 aromatic carbocycles. The second-order valence-corrected chi connectivity index (χ2v) is 15.6. The van der Waals surface area contributed by atoms with Gasteiger partial charge in [0.1, 0.15) is 0 Å². The van der Waals surface area contributed by atoms with Crippen LogP contribution >= 0.6 is 0 Å². The monoisotopic (exact) mass is 632 g/mol. The van der Waals surface area contributed by atoms with Crippen molar-refractivity contribution in [2.45, 2.75) is 77.2 Å². The molecule has 240 valence electrons. The zero-order chi connectivity index (χ0) is 31.9. The van der Waals surface area contributed by atoms with E-state index in [0.717, 1.165) is 60.8 Å². The molecule has 1 unspecified atom stereocenters. The van der Waals surface area contributed by atoms with Crippen LogP contribution in [0.5, 0.6) is 5.88 Å². The number of fused-ring (bicyclic) bond motifs is 4. The highest BCUT2D eigenvalue weighted by Gasteiger charge is 2.55. The molecule has 2 saturated carbocycles. The number of anilines is 1. The molecule has 1 spiro atoms. The molecule has 0 saturated heterocycles. The number of nitrogens with one attached hydrogen (secondary N) is 2. The summed E-state index contributed by atoms with van der Waals surface area (Å²) in [6, 6.07) is 15.3. The molecule has 1 aliphatic heterocycles. The van der Waals surface area contributed by atoms with Crippen molar-refractivity contribution in [1.29, 1.82) is 0 Å². The Morgan fingerprint density at radius 2 is 1.78 bits per heavy atom. The molecule has 2 N–H and O–H groups in total. The topological polar surface area (TPSA) is 120 Å². The summed E-state index contributed by atoms with van der Waals surface area (Å²) in [6.07, 6.45) is 5.53. The van der Waals surface area contributed by atoms with Crippen LogP contribution in [-0.2, 0) is 21.2 Å². The number of aryl methyl sites for hydroxylation is 2. The Kier molecular flexibility index (Phi) is 8.54. The van der Waals surface area contributed by atoms with Gasteiger partial charge >= 0.3 is 6.09 Å². The largest absolute Gasteiger partial charge is 0.477 e. The number of benzene rings is 2. The number of ether oxygens (including phenoxy) is 2. The van der Waals surface area contributed by atoms with Crippen LogP contribution in [0, 0.1) is 42.9 Å². The lowest BCUT2D eigenvalue weighted by Crippen LogP contribution is -2.58. The summed E-state index contributed by atoms with van der Waals surface area (Å²) in [5.74, 6) is 1.84. The van der Waals surface area contributed by atoms with E-state index in [0.29, 0.717) is 35.9 Å². The Bertz CT molecular complexity index is 1660. The van der Waals surface area contributed by atoms with E-state index in [1.54, 1.807) is 12.1 Å². The quantitative estimate of drug-likeness (QED) is 0.322. The third-order valence-electron chi connectivity index (χ3n) is 10.0. The first kappa shape index (κ1) is 31.3. The minimum Gasteiger partial charge on any atom is -0.477 e. The van der Waals surface area contributed by atoms with E-state index in [4.69, 9.17) is 9.47 Å². The maximum atomic E-state index is 13.6. The summed E-state index contributed by atoms with van der Waals surface area (Å²) in [7, 11) is -2.55. The third kappa shape index (κ3) is 6.66. The minimum atomic E-state index is -3.95. The number of amides is 1. The molecule has 0 radical (unpaired) electrons. The van der Waals surface area contributed by atoms with Gasteiger partial charge in [0.25, 0.3) is 10.0 Å². The van der Waals surface area contributed by atoms with Crippen molar-refractivity contribution in [3.8, 4) is 17.1 Å². The number of hydrogen-bond donors (Lipinski definition) is 2. The van der Waals surface area contributed by atoms with Crippen molar-refractivity contribution in [2.75, 3.05) is 18.4 Å². The van der Waals surface area contributed by atoms with E-state index >= 15 is 0 Å². The predicted molar refractivity (Wildman–Crippen MR) is 174 cm³/mol. The van der Waals surface area contributed by atoms with E-state index in [1.165, 1.54) is 7.11 Å². The number of hydrogen-bond acceptors (Lipinski definition) is 7. The summed E-state index contributed by atoms with van der Waals surface area (Å²) in [4.78, 5) is 21.1. The number of nitrogens with zero attached hydrogens (tertiary/aromatic N) is 2. The van der Waals surface area contributed by atoms with Crippen molar-refractivity contribution < 1.29 is 22.7 Å². The van der Waals surface area contributed by atoms with Gasteiger partial charge in [-0.25, -0.2) is 22.9 Å². The van der Waals surface area contributed by atoms with Gasteiger partial charge in [0.05, 0.1) is 24.3 Å². The Hall–Kier alpha value is -3.66. The van der Waals surface area contributed by atoms with Gasteiger partial charge < -0.3 is 14.8 Å². The first-order chi connectivity index (χ1) is 21.4. The van der Waals surface area contributed by atoms with E-state index in [1.807, 2.05) is 50.2 Å². The van der Waals surface area contributed by atoms with Crippen molar-refractivity contribution in [1.82, 2.24) is 15.3 Å². The van der Waals surface area contributed by atoms with Gasteiger partial charge in [-0.05, 0) is 110 Å². The molecule has 1 aromatic heterocycles. The molecule has 2 atom stereocenters. The number of carbonyl (C=O) groups is 1. The fraction of sp³-hybridized carbons (Fsp3) is 0.514. The highest BCUT2D eigenvalue weighted by Crippen LogP contribution is 2.62. The number of carbonyl (C=O) groups excluding carboxylic acids is 1. The summed E-state index contributed by atoms with van der Waals surface area (Å²) in [5, 5.41) is 2.95. The molecule has 1 amide bonds. The van der Waals surface area contributed by atoms with Crippen molar-refractivity contribution in [2.24, 2.45) is 29.1 Å². The molecule has 9 nitrogen and oxygen atoms in total. The lowest BCUT2D eigenvalue weighted by Gasteiger charge is -2.60. The van der Waals surface area contributed by atoms with E-state index in [2.05, 4.69) is 33.9 Å². The van der Waals surface area contributed by atoms with Crippen molar-refractivity contribution >= 4 is 22.1 Å². The zero-order valence-corrected chi connectivity index (χ0v) is 27.6. The molecule has 2 aliphatic carbocycles. The van der Waals surface area contributed by atoms with E-state index in [9.17, 15) is 13.2 Å². The van der Waals surface area contributed by atoms with Gasteiger partial charge in [0, 0.05) is 17.7 Å². The summed E-state index contributed by atoms with van der Waals surface area (Å²) in [6.45, 7) is 9.01. The Labute approximate surface area is 266 Å². The van der Waals surface area contributed by atoms with Crippen LogP contribution in [0.15, 0.2) is 53.4 Å². The molecule has 4 bridgehead atoms. The molecule has 3 aliphatic rings. The maximum Gasteiger partial charge on any atom is 0.407 e. The molecular weight excluding hydrogens is 588 g/mol. The van der Waals surface area contributed by atoms with Crippen LogP contribution in [-0.4, -0.2) is 44.2 Å². The van der Waals surface area contributed by atoms with Gasteiger partial charge in [-0.3, -0.25) is 0 Å². The Morgan fingerprint density at radius 1 is 1.07 bits per heavy atom. The smallest absolute Gasteiger partial charge is 0.407 e. The minimum absolute atomic E-state index is 0.00667. The summed E-state index contributed by atoms with van der Waals surface area (Å²) >= 11 is 0. The molecule has 2 fully saturated rings. The van der Waals surface area contributed by atoms with Gasteiger partial charge in [0.2, 0.25) is 11.8 Å². The SMILES string of the molecule is COC(=O)N[C@H]1CC2(C1)C[C@H](C1Cc3cccc(c3)S(=O)(=O)Nc3nc(cc(-c4c(C)cccc4C)n3)OC[C@H]1CC(C)C)C2. The number of sulfonamides is 1. The number of methoxy groups -OCH3 is 1. The van der Waals surface area contributed by atoms with Crippen LogP contribution in [0.1, 0.15) is 62.6 Å². The lowest BCUT2D eigenvalue weighted by atomic mass is 9.46. The lowest BCUT2D eigenvalue weighted by molar-refractivity contribution is -0.0838. The predicted octanol–water partition coefficient (Wildman–Crippen LogP) is 6.69. The maximum absolute atomic E-state index is 13.6. The van der Waals surface area contributed by atoms with Crippen LogP contribution in [0.25, 0.3) is 11.3 Å². The average molecular weight is 633 g/mol. The van der Waals surface area contributed by atoms with E-state index in [-0.39, 0.29) is 34.3 Å². The first-order valence-electron chi connectivity index (χ1n) is 16.0. The first-order valence-corrected chi connectivity index (χ1v) is 17.5. The van der Waals surface area contributed by atoms with Crippen LogP contribution in [0.3, 0.4) is 0 Å². The Balaban J connectivity index is 1.35. The second kappa shape index (κ2) is 12.3. The number of aromatic nitrogens is 2. The molecule has 3 aromatic rings. The summed E-state index contributed by atoms with van der Waals surface area (Å²) < 4.78 is 41.2. The second-order valence-electron chi connectivity index (χ2n) is 13.9. The number of rotatable bonds is 5. The number of alkyl carbamates (subject to hydrolysis) is 1. The average Bonchev–Trinajstić information content (AvgIpc) is 2.94. The van der Waals surface area contributed by atoms with E-state index < -0.39 is 10.0 Å². The van der Waals surface area contributed by atoms with Gasteiger partial charge in [0.15, 0.2) is 0 Å². The standard InChI is InChI=1S/C35H44N4O5S/c1-21(2)12-25-20-44-31-15-30(32-22(3)8-6-9-23(32)4)37-33(38-31)39-45(41,42)28-11-7-10-24(13-28)14-29(25)26-16-35(17-26)18-27(19-35)36-34(40)43-5/h6-11,13,15,21,25-27,29H,12,14,16-20H2,1-5H3,(H,36,40)(H,37,38,39)/t25-,26-,27-,29?,35?/m1/s1. The van der Waals surface area contributed by atoms with Crippen molar-refractivity contribution in [3.63, 3.8) is 0 Å². The molecule has 45 heavy (non-hydrogen) atoms. The fourth-order valence-electron chi connectivity index (χ4n) is 8.07. The molecule has 2 heterocycles. The van der Waals surface area contributed by atoms with Crippen molar-refractivity contribution in [3.05, 3.63) is 65.2 Å².